The van der Waals surface area contributed by atoms with E-state index in [0.29, 0.717) is 13.2 Å². The van der Waals surface area contributed by atoms with Crippen LogP contribution in [-0.2, 0) is 14.3 Å². The van der Waals surface area contributed by atoms with Gasteiger partial charge in [0.05, 0.1) is 18.8 Å². The van der Waals surface area contributed by atoms with Gasteiger partial charge in [-0.1, -0.05) is 24.3 Å². The molecule has 0 amide bonds. The lowest BCUT2D eigenvalue weighted by Gasteiger charge is -2.21. The first-order valence-corrected chi connectivity index (χ1v) is 11.2. The third-order valence-electron chi connectivity index (χ3n) is 4.37. The Bertz CT molecular complexity index is 847. The number of carboxylic acid groups (broad SMARTS) is 2. The van der Waals surface area contributed by atoms with E-state index in [1.54, 1.807) is 12.1 Å². The monoisotopic (exact) mass is 479 g/mol. The van der Waals surface area contributed by atoms with Crippen LogP contribution in [0.4, 0.5) is 4.39 Å². The number of ether oxygens (including phenoxy) is 3. The first-order chi connectivity index (χ1) is 16.2. The summed E-state index contributed by atoms with van der Waals surface area (Å²) in [5, 5.41) is 18.2. The van der Waals surface area contributed by atoms with Gasteiger partial charge in [0.1, 0.15) is 12.4 Å². The van der Waals surface area contributed by atoms with Gasteiger partial charge in [-0.15, -0.1) is 0 Å². The molecule has 0 spiro atoms. The first-order valence-electron chi connectivity index (χ1n) is 11.2. The summed E-state index contributed by atoms with van der Waals surface area (Å²) in [6.07, 6.45) is 1.95. The van der Waals surface area contributed by atoms with Gasteiger partial charge in [-0.05, 0) is 70.0 Å². The number of carboxylic acids is 2. The smallest absolute Gasteiger partial charge is 0.414 e. The average Bonchev–Trinajstić information content (AvgIpc) is 2.79. The Hall–Kier alpha value is -3.17. The molecule has 0 heterocycles. The van der Waals surface area contributed by atoms with Crippen molar-refractivity contribution >= 4 is 11.9 Å². The Balaban J connectivity index is 0.000000852. The number of nitrogens with one attached hydrogen (secondary N) is 1. The van der Waals surface area contributed by atoms with Gasteiger partial charge < -0.3 is 29.7 Å². The van der Waals surface area contributed by atoms with Crippen LogP contribution in [0.3, 0.4) is 0 Å². The fourth-order valence-corrected chi connectivity index (χ4v) is 2.93. The van der Waals surface area contributed by atoms with Crippen LogP contribution in [-0.4, -0.2) is 54.6 Å². The number of hydrogen-bond donors (Lipinski definition) is 3. The number of halogens is 1. The van der Waals surface area contributed by atoms with Crippen LogP contribution in [0.2, 0.25) is 0 Å². The standard InChI is InChI=1S/C23H32FNO3.C2H2O4/c1-4-26-22-8-5-6-9-23(22)27-17-16-25-15-7-10-21(28-18(2)3)19-11-13-20(24)14-12-19;3-1(4)2(5)6/h5-6,8-9,11-14,18,21,25H,4,7,10,15-17H2,1-3H3;(H,3,4)(H,5,6). The number of carbonyl (C=O) groups is 2. The minimum atomic E-state index is -1.82. The second-order valence-corrected chi connectivity index (χ2v) is 7.46. The lowest BCUT2D eigenvalue weighted by atomic mass is 10.0. The fraction of sp³-hybridized carbons (Fsp3) is 0.440. The zero-order valence-corrected chi connectivity index (χ0v) is 19.8. The summed E-state index contributed by atoms with van der Waals surface area (Å²) in [7, 11) is 0. The predicted molar refractivity (Wildman–Crippen MR) is 126 cm³/mol. The molecule has 2 aromatic rings. The second kappa shape index (κ2) is 16.4. The molecular weight excluding hydrogens is 445 g/mol. The Morgan fingerprint density at radius 2 is 1.53 bits per heavy atom. The van der Waals surface area contributed by atoms with Gasteiger partial charge in [0, 0.05) is 6.54 Å². The van der Waals surface area contributed by atoms with Crippen molar-refractivity contribution in [2.24, 2.45) is 0 Å². The van der Waals surface area contributed by atoms with E-state index in [0.717, 1.165) is 43.0 Å². The van der Waals surface area contributed by atoms with Crippen molar-refractivity contribution in [2.45, 2.75) is 45.8 Å². The van der Waals surface area contributed by atoms with Gasteiger partial charge in [0.15, 0.2) is 11.5 Å². The molecule has 0 saturated carbocycles. The lowest BCUT2D eigenvalue weighted by molar-refractivity contribution is -0.159. The van der Waals surface area contributed by atoms with Crippen molar-refractivity contribution in [2.75, 3.05) is 26.3 Å². The molecular formula is C25H34FNO7. The minimum Gasteiger partial charge on any atom is -0.490 e. The summed E-state index contributed by atoms with van der Waals surface area (Å²) < 4.78 is 30.5. The predicted octanol–water partition coefficient (Wildman–Crippen LogP) is 4.29. The highest BCUT2D eigenvalue weighted by molar-refractivity contribution is 6.27. The van der Waals surface area contributed by atoms with Crippen LogP contribution in [0.5, 0.6) is 11.5 Å². The maximum Gasteiger partial charge on any atom is 0.414 e. The molecule has 3 N–H and O–H groups in total. The van der Waals surface area contributed by atoms with Gasteiger partial charge in [-0.25, -0.2) is 14.0 Å². The minimum absolute atomic E-state index is 0.0169. The molecule has 0 aliphatic heterocycles. The van der Waals surface area contributed by atoms with Gasteiger partial charge in [0.2, 0.25) is 0 Å². The van der Waals surface area contributed by atoms with Crippen molar-refractivity contribution in [1.82, 2.24) is 5.32 Å². The third-order valence-corrected chi connectivity index (χ3v) is 4.37. The first kappa shape index (κ1) is 28.9. The maximum absolute atomic E-state index is 13.2. The maximum atomic E-state index is 13.2. The molecule has 8 nitrogen and oxygen atoms in total. The second-order valence-electron chi connectivity index (χ2n) is 7.46. The van der Waals surface area contributed by atoms with Crippen LogP contribution >= 0.6 is 0 Å². The van der Waals surface area contributed by atoms with E-state index in [1.165, 1.54) is 12.1 Å². The summed E-state index contributed by atoms with van der Waals surface area (Å²) in [4.78, 5) is 18.2. The molecule has 2 rings (SSSR count). The van der Waals surface area contributed by atoms with Crippen molar-refractivity contribution < 1.29 is 38.4 Å². The van der Waals surface area contributed by atoms with E-state index < -0.39 is 11.9 Å². The molecule has 34 heavy (non-hydrogen) atoms. The van der Waals surface area contributed by atoms with Gasteiger partial charge in [-0.2, -0.15) is 0 Å². The molecule has 1 atom stereocenters. The van der Waals surface area contributed by atoms with Crippen molar-refractivity contribution in [3.63, 3.8) is 0 Å². The van der Waals surface area contributed by atoms with Crippen molar-refractivity contribution in [1.29, 1.82) is 0 Å². The van der Waals surface area contributed by atoms with Gasteiger partial charge >= 0.3 is 11.9 Å². The van der Waals surface area contributed by atoms with E-state index in [9.17, 15) is 4.39 Å². The zero-order valence-electron chi connectivity index (χ0n) is 19.8. The molecule has 0 bridgehead atoms. The van der Waals surface area contributed by atoms with E-state index in [-0.39, 0.29) is 18.0 Å². The molecule has 9 heteroatoms. The van der Waals surface area contributed by atoms with Crippen molar-refractivity contribution in [3.8, 4) is 11.5 Å². The molecule has 0 radical (unpaired) electrons. The highest BCUT2D eigenvalue weighted by Crippen LogP contribution is 2.26. The Morgan fingerprint density at radius 1 is 0.941 bits per heavy atom. The van der Waals surface area contributed by atoms with Crippen LogP contribution in [0.25, 0.3) is 0 Å². The van der Waals surface area contributed by atoms with E-state index in [2.05, 4.69) is 5.32 Å². The molecule has 0 saturated heterocycles. The summed E-state index contributed by atoms with van der Waals surface area (Å²) >= 11 is 0. The number of rotatable bonds is 13. The molecule has 0 aliphatic rings. The Labute approximate surface area is 199 Å². The SMILES string of the molecule is CCOc1ccccc1OCCNCCCC(OC(C)C)c1ccc(F)cc1.O=C(O)C(=O)O. The van der Waals surface area contributed by atoms with Crippen LogP contribution in [0.1, 0.15) is 45.3 Å². The average molecular weight is 480 g/mol. The van der Waals surface area contributed by atoms with E-state index in [1.807, 2.05) is 45.0 Å². The summed E-state index contributed by atoms with van der Waals surface area (Å²) in [6, 6.07) is 14.3. The number of benzene rings is 2. The summed E-state index contributed by atoms with van der Waals surface area (Å²) in [6.45, 7) is 8.82. The Kier molecular flexibility index (Phi) is 14.0. The van der Waals surface area contributed by atoms with Crippen LogP contribution < -0.4 is 14.8 Å². The van der Waals surface area contributed by atoms with Gasteiger partial charge in [-0.3, -0.25) is 0 Å². The molecule has 0 aromatic heterocycles. The number of aliphatic carboxylic acids is 2. The lowest BCUT2D eigenvalue weighted by Crippen LogP contribution is -2.23. The number of hydrogen-bond acceptors (Lipinski definition) is 6. The fourth-order valence-electron chi connectivity index (χ4n) is 2.93. The topological polar surface area (TPSA) is 114 Å². The highest BCUT2D eigenvalue weighted by atomic mass is 19.1. The van der Waals surface area contributed by atoms with E-state index in [4.69, 9.17) is 34.0 Å². The number of para-hydroxylation sites is 2. The van der Waals surface area contributed by atoms with Gasteiger partial charge in [0.25, 0.3) is 0 Å². The molecule has 188 valence electrons. The van der Waals surface area contributed by atoms with E-state index >= 15 is 0 Å². The largest absolute Gasteiger partial charge is 0.490 e. The molecule has 2 aromatic carbocycles. The van der Waals surface area contributed by atoms with Crippen LogP contribution in [0.15, 0.2) is 48.5 Å². The van der Waals surface area contributed by atoms with Crippen molar-refractivity contribution in [3.05, 3.63) is 59.9 Å². The summed E-state index contributed by atoms with van der Waals surface area (Å²) in [5.41, 5.74) is 1.02. The summed E-state index contributed by atoms with van der Waals surface area (Å²) in [5.74, 6) is -2.32. The quantitative estimate of drug-likeness (QED) is 0.288. The normalized spacial score (nSPS) is 11.3. The molecule has 0 aliphatic carbocycles. The Morgan fingerprint density at radius 3 is 2.06 bits per heavy atom. The zero-order chi connectivity index (χ0) is 25.3. The molecule has 1 unspecified atom stereocenters. The molecule has 0 fully saturated rings. The van der Waals surface area contributed by atoms with Crippen LogP contribution in [0, 0.1) is 5.82 Å². The highest BCUT2D eigenvalue weighted by Gasteiger charge is 2.13. The third kappa shape index (κ3) is 12.2.